The van der Waals surface area contributed by atoms with E-state index in [0.29, 0.717) is 5.69 Å². The number of hydrogen-bond donors (Lipinski definition) is 2. The van der Waals surface area contributed by atoms with Gasteiger partial charge in [0.2, 0.25) is 0 Å². The molecule has 5 heteroatoms. The second kappa shape index (κ2) is 4.98. The molecule has 110 valence electrons. The molecule has 3 N–H and O–H groups in total. The number of nitrogens with two attached hydrogens (primary N) is 1. The van der Waals surface area contributed by atoms with Gasteiger partial charge in [0, 0.05) is 24.5 Å². The summed E-state index contributed by atoms with van der Waals surface area (Å²) in [5.41, 5.74) is 7.76. The molecular weight excluding hydrogens is 256 g/mol. The molecule has 1 aromatic rings. The molecule has 0 aliphatic carbocycles. The SMILES string of the molecule is Cc1cc(N2CC(C)OC(C)(C)C2)cc(C(=O)O)c1N. The summed E-state index contributed by atoms with van der Waals surface area (Å²) >= 11 is 0. The monoisotopic (exact) mass is 278 g/mol. The topological polar surface area (TPSA) is 75.8 Å². The molecule has 1 aromatic carbocycles. The quantitative estimate of drug-likeness (QED) is 0.812. The summed E-state index contributed by atoms with van der Waals surface area (Å²) in [4.78, 5) is 13.4. The molecule has 20 heavy (non-hydrogen) atoms. The van der Waals surface area contributed by atoms with Crippen molar-refractivity contribution >= 4 is 17.3 Å². The first-order valence-corrected chi connectivity index (χ1v) is 6.76. The molecule has 0 radical (unpaired) electrons. The van der Waals surface area contributed by atoms with E-state index in [9.17, 15) is 9.90 Å². The van der Waals surface area contributed by atoms with Gasteiger partial charge in [-0.05, 0) is 45.4 Å². The van der Waals surface area contributed by atoms with Crippen LogP contribution < -0.4 is 10.6 Å². The third-order valence-electron chi connectivity index (χ3n) is 3.54. The summed E-state index contributed by atoms with van der Waals surface area (Å²) in [6, 6.07) is 3.59. The highest BCUT2D eigenvalue weighted by Crippen LogP contribution is 2.30. The highest BCUT2D eigenvalue weighted by molar-refractivity contribution is 5.95. The summed E-state index contributed by atoms with van der Waals surface area (Å²) in [6.45, 7) is 9.40. The Labute approximate surface area is 119 Å². The lowest BCUT2D eigenvalue weighted by Crippen LogP contribution is -2.52. The van der Waals surface area contributed by atoms with Gasteiger partial charge >= 0.3 is 5.97 Å². The van der Waals surface area contributed by atoms with Gasteiger partial charge < -0.3 is 20.5 Å². The van der Waals surface area contributed by atoms with E-state index in [1.54, 1.807) is 6.07 Å². The number of ether oxygens (including phenoxy) is 1. The first-order valence-electron chi connectivity index (χ1n) is 6.76. The van der Waals surface area contributed by atoms with Gasteiger partial charge in [0.1, 0.15) is 0 Å². The Morgan fingerprint density at radius 3 is 2.70 bits per heavy atom. The lowest BCUT2D eigenvalue weighted by atomic mass is 10.0. The van der Waals surface area contributed by atoms with Crippen LogP contribution in [0.2, 0.25) is 0 Å². The Kier molecular flexibility index (Phi) is 3.65. The van der Waals surface area contributed by atoms with E-state index in [1.165, 1.54) is 0 Å². The van der Waals surface area contributed by atoms with E-state index in [0.717, 1.165) is 24.3 Å². The van der Waals surface area contributed by atoms with Crippen LogP contribution >= 0.6 is 0 Å². The second-order valence-electron chi connectivity index (χ2n) is 6.10. The highest BCUT2D eigenvalue weighted by Gasteiger charge is 2.32. The molecule has 0 amide bonds. The minimum atomic E-state index is -0.993. The van der Waals surface area contributed by atoms with Crippen LogP contribution in [-0.4, -0.2) is 35.9 Å². The fourth-order valence-electron chi connectivity index (χ4n) is 2.79. The number of carbonyl (C=O) groups is 1. The first kappa shape index (κ1) is 14.7. The van der Waals surface area contributed by atoms with Gasteiger partial charge in [0.15, 0.2) is 0 Å². The van der Waals surface area contributed by atoms with Crippen molar-refractivity contribution < 1.29 is 14.6 Å². The Hall–Kier alpha value is -1.75. The summed E-state index contributed by atoms with van der Waals surface area (Å²) in [5, 5.41) is 9.24. The maximum absolute atomic E-state index is 11.3. The Bertz CT molecular complexity index is 540. The smallest absolute Gasteiger partial charge is 0.337 e. The summed E-state index contributed by atoms with van der Waals surface area (Å²) in [6.07, 6.45) is 0.102. The summed E-state index contributed by atoms with van der Waals surface area (Å²) < 4.78 is 5.87. The number of anilines is 2. The molecule has 1 saturated heterocycles. The van der Waals surface area contributed by atoms with Crippen LogP contribution in [0, 0.1) is 6.92 Å². The number of hydrogen-bond acceptors (Lipinski definition) is 4. The Morgan fingerprint density at radius 2 is 2.15 bits per heavy atom. The van der Waals surface area contributed by atoms with Gasteiger partial charge in [0.25, 0.3) is 0 Å². The molecule has 0 spiro atoms. The van der Waals surface area contributed by atoms with Gasteiger partial charge in [-0.2, -0.15) is 0 Å². The lowest BCUT2D eigenvalue weighted by molar-refractivity contribution is -0.0749. The predicted octanol–water partition coefficient (Wildman–Crippen LogP) is 2.28. The van der Waals surface area contributed by atoms with Gasteiger partial charge in [-0.15, -0.1) is 0 Å². The van der Waals surface area contributed by atoms with E-state index in [-0.39, 0.29) is 17.3 Å². The first-order chi connectivity index (χ1) is 9.19. The van der Waals surface area contributed by atoms with Crippen molar-refractivity contribution in [3.63, 3.8) is 0 Å². The number of nitrogens with zero attached hydrogens (tertiary/aromatic N) is 1. The normalized spacial score (nSPS) is 21.8. The number of carboxylic acid groups (broad SMARTS) is 1. The third-order valence-corrected chi connectivity index (χ3v) is 3.54. The maximum Gasteiger partial charge on any atom is 0.337 e. The van der Waals surface area contributed by atoms with Crippen molar-refractivity contribution in [1.29, 1.82) is 0 Å². The number of morpholine rings is 1. The number of aromatic carboxylic acids is 1. The van der Waals surface area contributed by atoms with Crippen molar-refractivity contribution in [1.82, 2.24) is 0 Å². The molecule has 0 bridgehead atoms. The molecule has 1 atom stereocenters. The van der Waals surface area contributed by atoms with Crippen molar-refractivity contribution in [3.05, 3.63) is 23.3 Å². The fraction of sp³-hybridized carbons (Fsp3) is 0.533. The number of rotatable bonds is 2. The van der Waals surface area contributed by atoms with Crippen LogP contribution in [0.1, 0.15) is 36.7 Å². The molecule has 5 nitrogen and oxygen atoms in total. The summed E-state index contributed by atoms with van der Waals surface area (Å²) in [5.74, 6) is -0.993. The average Bonchev–Trinajstić information content (AvgIpc) is 2.29. The molecule has 0 aromatic heterocycles. The van der Waals surface area contributed by atoms with E-state index in [4.69, 9.17) is 10.5 Å². The average molecular weight is 278 g/mol. The zero-order valence-corrected chi connectivity index (χ0v) is 12.4. The fourth-order valence-corrected chi connectivity index (χ4v) is 2.79. The molecule has 1 aliphatic rings. The van der Waals surface area contributed by atoms with E-state index in [1.807, 2.05) is 33.8 Å². The van der Waals surface area contributed by atoms with E-state index >= 15 is 0 Å². The van der Waals surface area contributed by atoms with Crippen LogP contribution in [0.4, 0.5) is 11.4 Å². The zero-order valence-electron chi connectivity index (χ0n) is 12.4. The molecule has 1 heterocycles. The van der Waals surface area contributed by atoms with Crippen LogP contribution in [0.25, 0.3) is 0 Å². The van der Waals surface area contributed by atoms with Gasteiger partial charge in [-0.25, -0.2) is 4.79 Å². The van der Waals surface area contributed by atoms with E-state index < -0.39 is 5.97 Å². The number of carboxylic acids is 1. The molecule has 1 fully saturated rings. The van der Waals surface area contributed by atoms with E-state index in [2.05, 4.69) is 4.90 Å². The lowest BCUT2D eigenvalue weighted by Gasteiger charge is -2.43. The highest BCUT2D eigenvalue weighted by atomic mass is 16.5. The van der Waals surface area contributed by atoms with Crippen molar-refractivity contribution in [2.45, 2.75) is 39.4 Å². The maximum atomic E-state index is 11.3. The predicted molar refractivity (Wildman–Crippen MR) is 79.4 cm³/mol. The second-order valence-corrected chi connectivity index (χ2v) is 6.10. The van der Waals surface area contributed by atoms with Crippen LogP contribution in [0.15, 0.2) is 12.1 Å². The minimum Gasteiger partial charge on any atom is -0.478 e. The Balaban J connectivity index is 2.40. The molecule has 2 rings (SSSR count). The number of benzene rings is 1. The standard InChI is InChI=1S/C15H22N2O3/c1-9-5-11(6-12(13(9)16)14(18)19)17-7-10(2)20-15(3,4)8-17/h5-6,10H,7-8,16H2,1-4H3,(H,18,19). The van der Waals surface area contributed by atoms with Crippen LogP contribution in [-0.2, 0) is 4.74 Å². The summed E-state index contributed by atoms with van der Waals surface area (Å²) in [7, 11) is 0. The minimum absolute atomic E-state index is 0.102. The number of nitrogen functional groups attached to an aromatic ring is 1. The zero-order chi connectivity index (χ0) is 15.1. The van der Waals surface area contributed by atoms with Gasteiger partial charge in [0.05, 0.1) is 17.3 Å². The molecule has 1 aliphatic heterocycles. The van der Waals surface area contributed by atoms with Gasteiger partial charge in [-0.3, -0.25) is 0 Å². The van der Waals surface area contributed by atoms with Crippen molar-refractivity contribution in [2.75, 3.05) is 23.7 Å². The Morgan fingerprint density at radius 1 is 1.50 bits per heavy atom. The van der Waals surface area contributed by atoms with Crippen molar-refractivity contribution in [3.8, 4) is 0 Å². The molecule has 0 saturated carbocycles. The van der Waals surface area contributed by atoms with Crippen LogP contribution in [0.5, 0.6) is 0 Å². The largest absolute Gasteiger partial charge is 0.478 e. The number of aryl methyl sites for hydroxylation is 1. The van der Waals surface area contributed by atoms with Crippen LogP contribution in [0.3, 0.4) is 0 Å². The molecule has 1 unspecified atom stereocenters. The van der Waals surface area contributed by atoms with Crippen molar-refractivity contribution in [2.24, 2.45) is 0 Å². The molecular formula is C15H22N2O3. The third kappa shape index (κ3) is 2.88. The van der Waals surface area contributed by atoms with Gasteiger partial charge in [-0.1, -0.05) is 0 Å².